The molecule has 10 nitrogen and oxygen atoms in total. The standard InChI is InChI=1S/C48H48N4O6S3/c1-48(2,61-59-5)28-60-27-31-15-29(25-57-44-21-38-36(19-42(44)55-3)46(53)51-34(23-49-38)17-32-10-6-8-12-40(32)51)14-30(16-31)26-58-45-22-39-37(20-43(45)56-4)47(54)52-35(24-50-39)18-33-11-7-9-13-41(33)52/h6-16,19-23,34-35,50H,17-18,24-28H2,1-5H3/t34-,35-/m0/s1. The van der Waals surface area contributed by atoms with Gasteiger partial charge >= 0.3 is 0 Å². The van der Waals surface area contributed by atoms with Crippen molar-refractivity contribution < 1.29 is 28.5 Å². The predicted molar refractivity (Wildman–Crippen MR) is 251 cm³/mol. The van der Waals surface area contributed by atoms with E-state index in [0.717, 1.165) is 63.7 Å². The van der Waals surface area contributed by atoms with Crippen molar-refractivity contribution in [3.63, 3.8) is 0 Å². The molecule has 61 heavy (non-hydrogen) atoms. The summed E-state index contributed by atoms with van der Waals surface area (Å²) in [6, 6.07) is 29.7. The van der Waals surface area contributed by atoms with Crippen LogP contribution < -0.4 is 34.1 Å². The molecule has 2 amide bonds. The molecule has 0 radical (unpaired) electrons. The van der Waals surface area contributed by atoms with Crippen molar-refractivity contribution >= 4 is 74.1 Å². The first-order valence-electron chi connectivity index (χ1n) is 20.3. The highest BCUT2D eigenvalue weighted by atomic mass is 33.1. The predicted octanol–water partition coefficient (Wildman–Crippen LogP) is 10.2. The minimum atomic E-state index is -0.154. The lowest BCUT2D eigenvalue weighted by atomic mass is 10.1. The number of nitrogens with zero attached hydrogens (tertiary/aromatic N) is 3. The van der Waals surface area contributed by atoms with Gasteiger partial charge in [0.25, 0.3) is 11.8 Å². The lowest BCUT2D eigenvalue weighted by molar-refractivity contribution is 0.0976. The highest BCUT2D eigenvalue weighted by Gasteiger charge is 2.39. The quantitative estimate of drug-likeness (QED) is 0.109. The summed E-state index contributed by atoms with van der Waals surface area (Å²) in [6.07, 6.45) is 5.51. The normalized spacial score (nSPS) is 17.3. The maximum absolute atomic E-state index is 14.0. The van der Waals surface area contributed by atoms with Crippen LogP contribution in [-0.4, -0.2) is 67.6 Å². The summed E-state index contributed by atoms with van der Waals surface area (Å²) in [5, 5.41) is 3.53. The molecule has 4 aliphatic heterocycles. The lowest BCUT2D eigenvalue weighted by Gasteiger charge is -2.23. The van der Waals surface area contributed by atoms with Gasteiger partial charge in [0.15, 0.2) is 23.0 Å². The van der Waals surface area contributed by atoms with Crippen molar-refractivity contribution in [3.8, 4) is 23.0 Å². The zero-order valence-electron chi connectivity index (χ0n) is 34.9. The van der Waals surface area contributed by atoms with Gasteiger partial charge in [0.05, 0.1) is 48.8 Å². The number of anilines is 3. The Morgan fingerprint density at radius 3 is 2.03 bits per heavy atom. The van der Waals surface area contributed by atoms with Crippen LogP contribution in [0.5, 0.6) is 23.0 Å². The van der Waals surface area contributed by atoms with E-state index in [4.69, 9.17) is 23.9 Å². The molecule has 4 aliphatic rings. The van der Waals surface area contributed by atoms with Gasteiger partial charge in [0.2, 0.25) is 0 Å². The van der Waals surface area contributed by atoms with Crippen LogP contribution in [0.2, 0.25) is 0 Å². The molecule has 0 saturated heterocycles. The molecular weight excluding hydrogens is 825 g/mol. The van der Waals surface area contributed by atoms with Crippen LogP contribution in [0, 0.1) is 0 Å². The Balaban J connectivity index is 0.961. The third-order valence-electron chi connectivity index (χ3n) is 11.4. The number of ether oxygens (including phenoxy) is 4. The molecule has 4 heterocycles. The molecular formula is C48H48N4O6S3. The van der Waals surface area contributed by atoms with Crippen LogP contribution in [0.25, 0.3) is 0 Å². The molecule has 13 heteroatoms. The number of hydrogen-bond acceptors (Lipinski definition) is 11. The van der Waals surface area contributed by atoms with Crippen molar-refractivity contribution in [1.82, 2.24) is 0 Å². The maximum Gasteiger partial charge on any atom is 0.261 e. The minimum absolute atomic E-state index is 0.0238. The highest BCUT2D eigenvalue weighted by Crippen LogP contribution is 2.43. The number of methoxy groups -OCH3 is 2. The van der Waals surface area contributed by atoms with Gasteiger partial charge in [-0.05, 0) is 84.7 Å². The Labute approximate surface area is 369 Å². The summed E-state index contributed by atoms with van der Waals surface area (Å²) in [7, 11) is 6.86. The van der Waals surface area contributed by atoms with Crippen LogP contribution in [0.3, 0.4) is 0 Å². The molecule has 5 aromatic carbocycles. The third-order valence-corrected chi connectivity index (χ3v) is 15.7. The van der Waals surface area contributed by atoms with E-state index in [0.29, 0.717) is 46.4 Å². The van der Waals surface area contributed by atoms with Gasteiger partial charge in [-0.25, -0.2) is 0 Å². The molecule has 314 valence electrons. The van der Waals surface area contributed by atoms with Crippen LogP contribution in [0.4, 0.5) is 22.7 Å². The van der Waals surface area contributed by atoms with E-state index in [1.807, 2.05) is 81.0 Å². The molecule has 0 fully saturated rings. The molecule has 1 N–H and O–H groups in total. The Bertz CT molecular complexity index is 2550. The number of thioether (sulfide) groups is 1. The Kier molecular flexibility index (Phi) is 11.6. The number of rotatable bonds is 14. The van der Waals surface area contributed by atoms with Gasteiger partial charge in [-0.1, -0.05) is 70.1 Å². The molecule has 0 unspecified atom stereocenters. The fraction of sp³-hybridized carbons (Fsp3) is 0.312. The van der Waals surface area contributed by atoms with Crippen molar-refractivity contribution in [2.45, 2.75) is 62.5 Å². The number of para-hydroxylation sites is 2. The number of benzene rings is 5. The molecule has 9 rings (SSSR count). The van der Waals surface area contributed by atoms with Crippen LogP contribution in [0.1, 0.15) is 62.4 Å². The van der Waals surface area contributed by atoms with Gasteiger partial charge in [-0.2, -0.15) is 11.8 Å². The van der Waals surface area contributed by atoms with E-state index >= 15 is 0 Å². The second-order valence-corrected chi connectivity index (χ2v) is 20.3. The number of nitrogens with one attached hydrogen (secondary N) is 1. The molecule has 0 saturated carbocycles. The van der Waals surface area contributed by atoms with Crippen LogP contribution >= 0.6 is 33.3 Å². The van der Waals surface area contributed by atoms with E-state index in [1.165, 1.54) is 5.56 Å². The second-order valence-electron chi connectivity index (χ2n) is 16.2. The van der Waals surface area contributed by atoms with Crippen molar-refractivity contribution in [3.05, 3.63) is 130 Å². The zero-order valence-corrected chi connectivity index (χ0v) is 37.3. The lowest BCUT2D eigenvalue weighted by Crippen LogP contribution is -2.39. The summed E-state index contributed by atoms with van der Waals surface area (Å²) in [6.45, 7) is 5.70. The van der Waals surface area contributed by atoms with Gasteiger partial charge in [-0.3, -0.25) is 19.5 Å². The van der Waals surface area contributed by atoms with E-state index in [1.54, 1.807) is 43.2 Å². The number of hydrogen-bond donors (Lipinski definition) is 1. The van der Waals surface area contributed by atoms with E-state index < -0.39 is 0 Å². The monoisotopic (exact) mass is 872 g/mol. The zero-order chi connectivity index (χ0) is 42.3. The average Bonchev–Trinajstić information content (AvgIpc) is 3.75. The van der Waals surface area contributed by atoms with E-state index in [-0.39, 0.29) is 41.9 Å². The first-order valence-corrected chi connectivity index (χ1v) is 24.1. The number of carbonyl (C=O) groups excluding carboxylic acids is 2. The smallest absolute Gasteiger partial charge is 0.261 e. The summed E-state index contributed by atoms with van der Waals surface area (Å²) < 4.78 is 24.8. The Hall–Kier alpha value is -5.24. The maximum atomic E-state index is 14.0. The number of amides is 2. The van der Waals surface area contributed by atoms with Crippen LogP contribution in [-0.2, 0) is 31.8 Å². The SMILES string of the molecule is COc1cc2c(cc1OCc1cc(COc3cc4c(cc3OC)C(=O)N3c5ccccc5C[C@H]3CN4)cc(CSCC(C)(C)SSC)c1)N=C[C@@H]1Cc3ccccc3N1C2=O. The van der Waals surface area contributed by atoms with Gasteiger partial charge in [0, 0.05) is 58.9 Å². The van der Waals surface area contributed by atoms with Crippen LogP contribution in [0.15, 0.2) is 96.0 Å². The summed E-state index contributed by atoms with van der Waals surface area (Å²) in [5.74, 6) is 3.64. The number of aliphatic imine (C=N–C) groups is 1. The first-order chi connectivity index (χ1) is 29.6. The Morgan fingerprint density at radius 1 is 0.738 bits per heavy atom. The average molecular weight is 873 g/mol. The summed E-state index contributed by atoms with van der Waals surface area (Å²) in [4.78, 5) is 36.6. The summed E-state index contributed by atoms with van der Waals surface area (Å²) in [5.41, 5.74) is 9.58. The largest absolute Gasteiger partial charge is 0.493 e. The molecule has 0 aliphatic carbocycles. The minimum Gasteiger partial charge on any atom is -0.493 e. The van der Waals surface area contributed by atoms with Gasteiger partial charge < -0.3 is 29.2 Å². The molecule has 0 aromatic heterocycles. The Morgan fingerprint density at radius 2 is 1.34 bits per heavy atom. The summed E-state index contributed by atoms with van der Waals surface area (Å²) >= 11 is 1.90. The number of carbonyl (C=O) groups is 2. The van der Waals surface area contributed by atoms with Crippen molar-refractivity contribution in [2.75, 3.05) is 47.9 Å². The highest BCUT2D eigenvalue weighted by molar-refractivity contribution is 8.77. The molecule has 2 atom stereocenters. The topological polar surface area (TPSA) is 102 Å². The molecule has 5 aromatic rings. The fourth-order valence-electron chi connectivity index (χ4n) is 8.68. The van der Waals surface area contributed by atoms with Gasteiger partial charge in [-0.15, -0.1) is 0 Å². The second kappa shape index (κ2) is 17.3. The van der Waals surface area contributed by atoms with Gasteiger partial charge in [0.1, 0.15) is 13.2 Å². The molecule has 0 bridgehead atoms. The third kappa shape index (κ3) is 8.27. The molecule has 0 spiro atoms. The van der Waals surface area contributed by atoms with E-state index in [2.05, 4.69) is 55.8 Å². The fourth-order valence-corrected chi connectivity index (χ4v) is 12.4. The number of fused-ring (bicyclic) bond motifs is 8. The van der Waals surface area contributed by atoms with E-state index in [9.17, 15) is 9.59 Å². The van der Waals surface area contributed by atoms with Crippen molar-refractivity contribution in [1.29, 1.82) is 0 Å². The van der Waals surface area contributed by atoms with Crippen molar-refractivity contribution in [2.24, 2.45) is 4.99 Å². The first kappa shape index (κ1) is 41.1.